The predicted molar refractivity (Wildman–Crippen MR) is 208 cm³/mol. The summed E-state index contributed by atoms with van der Waals surface area (Å²) in [5, 5.41) is 17.1. The van der Waals surface area contributed by atoms with Crippen LogP contribution in [0.2, 0.25) is 0 Å². The topological polar surface area (TPSA) is 212 Å². The largest absolute Gasteiger partial charge is 0.465 e. The van der Waals surface area contributed by atoms with Gasteiger partial charge in [0.25, 0.3) is 0 Å². The minimum absolute atomic E-state index is 0.139. The first kappa shape index (κ1) is 36.8. The SMILES string of the molecule is COC(=O)N[C@H](C(=O)N1CCC[C@H]1c1nc2ccc3cc(-c4cc5ccc6nc([C@@H]7CCCN7C(=O)[C@@H](NC(=O)O)C(C)C)[nH]c6c5cn4)oc3c2[nH]1)C(C)C. The zero-order chi connectivity index (χ0) is 39.4. The molecule has 2 fully saturated rings. The minimum atomic E-state index is -1.23. The molecule has 5 N–H and O–H groups in total. The number of rotatable bonds is 9. The third-order valence-corrected chi connectivity index (χ3v) is 11.1. The molecule has 4 amide bonds. The Morgan fingerprint density at radius 1 is 0.821 bits per heavy atom. The average molecular weight is 764 g/mol. The Morgan fingerprint density at radius 3 is 1.98 bits per heavy atom. The fourth-order valence-electron chi connectivity index (χ4n) is 8.22. The van der Waals surface area contributed by atoms with Crippen LogP contribution in [0.4, 0.5) is 9.59 Å². The summed E-state index contributed by atoms with van der Waals surface area (Å²) in [6, 6.07) is 9.55. The summed E-state index contributed by atoms with van der Waals surface area (Å²) < 4.78 is 11.2. The molecule has 0 saturated carbocycles. The summed E-state index contributed by atoms with van der Waals surface area (Å²) in [6.07, 6.45) is 2.95. The van der Waals surface area contributed by atoms with Crippen LogP contribution >= 0.6 is 0 Å². The van der Waals surface area contributed by atoms with E-state index in [1.807, 2.05) is 64.1 Å². The number of carbonyl (C=O) groups excluding carboxylic acids is 3. The lowest BCUT2D eigenvalue weighted by Gasteiger charge is -2.29. The fraction of sp³-hybridized carbons (Fsp3) is 0.425. The molecule has 0 bridgehead atoms. The molecule has 2 aliphatic rings. The fourth-order valence-corrected chi connectivity index (χ4v) is 8.22. The molecule has 2 aromatic carbocycles. The number of fused-ring (bicyclic) bond motifs is 6. The van der Waals surface area contributed by atoms with Crippen molar-refractivity contribution in [1.29, 1.82) is 0 Å². The first-order valence-electron chi connectivity index (χ1n) is 19.1. The monoisotopic (exact) mass is 763 g/mol. The smallest absolute Gasteiger partial charge is 0.407 e. The first-order valence-corrected chi connectivity index (χ1v) is 19.1. The third kappa shape index (κ3) is 6.51. The van der Waals surface area contributed by atoms with Gasteiger partial charge in [0.1, 0.15) is 34.9 Å². The van der Waals surface area contributed by atoms with Gasteiger partial charge in [0, 0.05) is 30.1 Å². The highest BCUT2D eigenvalue weighted by molar-refractivity contribution is 6.05. The summed E-state index contributed by atoms with van der Waals surface area (Å²) in [5.74, 6) is 1.12. The molecule has 4 aromatic heterocycles. The predicted octanol–water partition coefficient (Wildman–Crippen LogP) is 6.40. The maximum absolute atomic E-state index is 13.7. The second kappa shape index (κ2) is 14.5. The average Bonchev–Trinajstić information content (AvgIpc) is 4.02. The van der Waals surface area contributed by atoms with Gasteiger partial charge < -0.3 is 44.7 Å². The number of hydrogen-bond acceptors (Lipinski definition) is 9. The molecule has 4 atom stereocenters. The number of nitrogens with one attached hydrogen (secondary N) is 4. The van der Waals surface area contributed by atoms with Gasteiger partial charge in [0.15, 0.2) is 11.3 Å². The second-order valence-electron chi connectivity index (χ2n) is 15.4. The Kier molecular flexibility index (Phi) is 9.50. The van der Waals surface area contributed by atoms with E-state index in [0.29, 0.717) is 53.7 Å². The molecular formula is C40H45N9O7. The molecule has 0 radical (unpaired) electrons. The van der Waals surface area contributed by atoms with Crippen LogP contribution in [0.25, 0.3) is 55.3 Å². The third-order valence-electron chi connectivity index (χ3n) is 11.1. The molecule has 6 heterocycles. The van der Waals surface area contributed by atoms with Gasteiger partial charge in [0.05, 0.1) is 35.7 Å². The summed E-state index contributed by atoms with van der Waals surface area (Å²) in [7, 11) is 1.28. The molecule has 2 aliphatic heterocycles. The van der Waals surface area contributed by atoms with Gasteiger partial charge in [-0.1, -0.05) is 33.8 Å². The number of pyridine rings is 1. The van der Waals surface area contributed by atoms with Crippen molar-refractivity contribution in [3.05, 3.63) is 54.2 Å². The molecule has 56 heavy (non-hydrogen) atoms. The maximum atomic E-state index is 13.7. The molecule has 0 unspecified atom stereocenters. The van der Waals surface area contributed by atoms with Crippen LogP contribution in [-0.2, 0) is 14.3 Å². The Labute approximate surface area is 321 Å². The van der Waals surface area contributed by atoms with Crippen LogP contribution in [-0.4, -0.2) is 96.1 Å². The summed E-state index contributed by atoms with van der Waals surface area (Å²) >= 11 is 0. The lowest BCUT2D eigenvalue weighted by Crippen LogP contribution is -2.51. The van der Waals surface area contributed by atoms with Crippen LogP contribution in [0.3, 0.4) is 0 Å². The van der Waals surface area contributed by atoms with Crippen molar-refractivity contribution in [1.82, 2.24) is 45.4 Å². The highest BCUT2D eigenvalue weighted by Gasteiger charge is 2.39. The lowest BCUT2D eigenvalue weighted by molar-refractivity contribution is -0.136. The number of H-pyrrole nitrogens is 2. The van der Waals surface area contributed by atoms with Crippen molar-refractivity contribution in [3.8, 4) is 11.5 Å². The quantitative estimate of drug-likeness (QED) is 0.109. The van der Waals surface area contributed by atoms with Crippen molar-refractivity contribution in [2.45, 2.75) is 77.5 Å². The highest BCUT2D eigenvalue weighted by Crippen LogP contribution is 2.38. The van der Waals surface area contributed by atoms with Crippen molar-refractivity contribution in [2.24, 2.45) is 11.8 Å². The van der Waals surface area contributed by atoms with Crippen LogP contribution in [0.1, 0.15) is 77.1 Å². The van der Waals surface area contributed by atoms with Gasteiger partial charge in [-0.2, -0.15) is 0 Å². The standard InChI is InChI=1S/C40H45N9O7/c1-19(2)30(46-39(52)53)37(50)48-14-6-8-27(48)35-42-24-12-10-21-16-26(41-18-23(21)32(24)44-35)29-17-22-11-13-25-33(34(22)56-29)45-36(43-25)28-9-7-15-49(28)38(51)31(20(3)4)47-40(54)55-5/h10-13,16-20,27-28,30-31,46H,6-9,14-15H2,1-5H3,(H,42,44)(H,43,45)(H,47,54)(H,52,53)/t27-,28-,30-,31-/m0/s1. The number of alkyl carbamates (subject to hydrolysis) is 1. The molecule has 6 aromatic rings. The molecule has 16 nitrogen and oxygen atoms in total. The van der Waals surface area contributed by atoms with E-state index in [1.165, 1.54) is 7.11 Å². The number of aromatic nitrogens is 5. The number of ether oxygens (including phenoxy) is 1. The summed E-state index contributed by atoms with van der Waals surface area (Å²) in [6.45, 7) is 8.50. The van der Waals surface area contributed by atoms with E-state index < -0.39 is 24.3 Å². The van der Waals surface area contributed by atoms with Gasteiger partial charge >= 0.3 is 12.2 Å². The minimum Gasteiger partial charge on any atom is -0.465 e. The number of benzene rings is 2. The zero-order valence-corrected chi connectivity index (χ0v) is 31.9. The summed E-state index contributed by atoms with van der Waals surface area (Å²) in [5.41, 5.74) is 4.25. The Morgan fingerprint density at radius 2 is 1.39 bits per heavy atom. The van der Waals surface area contributed by atoms with Crippen molar-refractivity contribution in [3.63, 3.8) is 0 Å². The van der Waals surface area contributed by atoms with Gasteiger partial charge in [-0.05, 0) is 73.2 Å². The van der Waals surface area contributed by atoms with E-state index in [4.69, 9.17) is 24.1 Å². The van der Waals surface area contributed by atoms with E-state index in [0.717, 1.165) is 52.0 Å². The molecule has 0 aliphatic carbocycles. The first-order chi connectivity index (χ1) is 26.9. The number of imidazole rings is 2. The van der Waals surface area contributed by atoms with Crippen LogP contribution < -0.4 is 10.6 Å². The molecule has 16 heteroatoms. The normalized spacial score (nSPS) is 18.5. The van der Waals surface area contributed by atoms with Gasteiger partial charge in [0.2, 0.25) is 11.8 Å². The molecule has 8 rings (SSSR count). The van der Waals surface area contributed by atoms with Crippen LogP contribution in [0, 0.1) is 11.8 Å². The number of nitrogens with zero attached hydrogens (tertiary/aromatic N) is 5. The second-order valence-corrected chi connectivity index (χ2v) is 15.4. The van der Waals surface area contributed by atoms with Gasteiger partial charge in [-0.25, -0.2) is 19.6 Å². The number of carbonyl (C=O) groups is 4. The van der Waals surface area contributed by atoms with Crippen LogP contribution in [0.5, 0.6) is 0 Å². The van der Waals surface area contributed by atoms with E-state index in [1.54, 1.807) is 16.0 Å². The molecular weight excluding hydrogens is 718 g/mol. The summed E-state index contributed by atoms with van der Waals surface area (Å²) in [4.78, 5) is 75.7. The lowest BCUT2D eigenvalue weighted by atomic mass is 10.0. The van der Waals surface area contributed by atoms with E-state index in [2.05, 4.69) is 20.6 Å². The zero-order valence-electron chi connectivity index (χ0n) is 31.9. The Hall–Kier alpha value is -6.19. The number of carboxylic acid groups (broad SMARTS) is 1. The Balaban J connectivity index is 1.07. The molecule has 292 valence electrons. The molecule has 2 saturated heterocycles. The van der Waals surface area contributed by atoms with Crippen LogP contribution in [0.15, 0.2) is 47.0 Å². The number of amides is 4. The highest BCUT2D eigenvalue weighted by atomic mass is 16.5. The van der Waals surface area contributed by atoms with Crippen molar-refractivity contribution < 1.29 is 33.4 Å². The van der Waals surface area contributed by atoms with E-state index >= 15 is 0 Å². The van der Waals surface area contributed by atoms with E-state index in [-0.39, 0.29) is 35.7 Å². The Bertz CT molecular complexity index is 2500. The maximum Gasteiger partial charge on any atom is 0.407 e. The number of hydrogen-bond donors (Lipinski definition) is 5. The van der Waals surface area contributed by atoms with Gasteiger partial charge in [-0.3, -0.25) is 14.6 Å². The van der Waals surface area contributed by atoms with Crippen molar-refractivity contribution in [2.75, 3.05) is 20.2 Å². The van der Waals surface area contributed by atoms with Gasteiger partial charge in [-0.15, -0.1) is 0 Å². The number of aromatic amines is 2. The molecule has 0 spiro atoms. The van der Waals surface area contributed by atoms with Crippen molar-refractivity contribution >= 4 is 67.8 Å². The number of methoxy groups -OCH3 is 1. The number of likely N-dealkylation sites (tertiary alicyclic amines) is 2. The number of furan rings is 1. The van der Waals surface area contributed by atoms with E-state index in [9.17, 15) is 24.3 Å².